The second kappa shape index (κ2) is 44.5. The van der Waals surface area contributed by atoms with Gasteiger partial charge in [0, 0.05) is 25.7 Å². The van der Waals surface area contributed by atoms with E-state index in [1.54, 1.807) is 0 Å². The lowest BCUT2D eigenvalue weighted by atomic mass is 10.3. The number of rotatable bonds is 25. The minimum atomic E-state index is -0.335. The molecule has 0 aromatic heterocycles. The van der Waals surface area contributed by atoms with Crippen LogP contribution in [0.15, 0.2) is 0 Å². The lowest BCUT2D eigenvalue weighted by molar-refractivity contribution is -0.0207. The largest absolute Gasteiger partial charge is 0.395 e. The van der Waals surface area contributed by atoms with Crippen LogP contribution in [-0.4, -0.2) is 128 Å². The van der Waals surface area contributed by atoms with Crippen LogP contribution in [0.1, 0.15) is 48.5 Å². The Morgan fingerprint density at radius 2 is 0.833 bits per heavy atom. The summed E-state index contributed by atoms with van der Waals surface area (Å²) >= 11 is 0. The zero-order valence-corrected chi connectivity index (χ0v) is 24.5. The predicted molar refractivity (Wildman–Crippen MR) is 146 cm³/mol. The molecule has 0 saturated carbocycles. The number of nitrogens with zero attached hydrogens (tertiary/aromatic N) is 1. The number of aliphatic hydroxyl groups excluding tert-OH is 1. The predicted octanol–water partition coefficient (Wildman–Crippen LogP) is 1.70. The van der Waals surface area contributed by atoms with Gasteiger partial charge in [0.05, 0.1) is 92.5 Å². The Hall–Kier alpha value is -0.440. The van der Waals surface area contributed by atoms with Crippen LogP contribution in [0.2, 0.25) is 0 Å². The Kier molecular flexibility index (Phi) is 52.8. The smallest absolute Gasteiger partial charge is 0.0701 e. The van der Waals surface area contributed by atoms with Crippen molar-refractivity contribution in [2.75, 3.05) is 112 Å². The van der Waals surface area contributed by atoms with Crippen molar-refractivity contribution in [1.82, 2.24) is 5.01 Å². The molecule has 0 aromatic rings. The number of aliphatic hydroxyl groups is 1. The third-order valence-electron chi connectivity index (χ3n) is 3.66. The fourth-order valence-electron chi connectivity index (χ4n) is 2.10. The van der Waals surface area contributed by atoms with Gasteiger partial charge in [-0.15, -0.1) is 0 Å². The van der Waals surface area contributed by atoms with Gasteiger partial charge in [0.2, 0.25) is 0 Å². The van der Waals surface area contributed by atoms with Gasteiger partial charge in [-0.2, -0.15) is 0 Å². The average Bonchev–Trinajstić information content (AvgIpc) is 2.92. The van der Waals surface area contributed by atoms with E-state index >= 15 is 0 Å². The SMILES string of the molecule is CC.CC.CC.CCOCCOCCOCCOCCOCCOCCOCCN(N)CC(N)CO. The summed E-state index contributed by atoms with van der Waals surface area (Å²) in [6.45, 7) is 22.5. The van der Waals surface area contributed by atoms with E-state index in [4.69, 9.17) is 49.8 Å². The Labute approximate surface area is 222 Å². The minimum Gasteiger partial charge on any atom is -0.395 e. The molecule has 0 bridgehead atoms. The molecule has 0 aliphatic carbocycles. The molecule has 1 atom stereocenters. The van der Waals surface area contributed by atoms with Crippen molar-refractivity contribution >= 4 is 0 Å². The fraction of sp³-hybridized carbons (Fsp3) is 1.00. The van der Waals surface area contributed by atoms with Gasteiger partial charge in [-0.25, -0.2) is 5.01 Å². The van der Waals surface area contributed by atoms with Gasteiger partial charge in [-0.05, 0) is 6.92 Å². The molecule has 0 rings (SSSR count). The first-order valence-electron chi connectivity index (χ1n) is 13.6. The standard InChI is InChI=1S/C19H43N3O8.3C2H6/c1-2-24-5-6-26-9-10-28-13-14-30-16-15-29-12-11-27-8-7-25-4-3-22(21)17-19(20)18-23;3*1-2/h19,23H,2-18,20-21H2,1H3;3*1-2H3. The summed E-state index contributed by atoms with van der Waals surface area (Å²) in [4.78, 5) is 0. The summed E-state index contributed by atoms with van der Waals surface area (Å²) in [7, 11) is 0. The van der Waals surface area contributed by atoms with Crippen LogP contribution < -0.4 is 11.6 Å². The van der Waals surface area contributed by atoms with E-state index in [0.717, 1.165) is 0 Å². The van der Waals surface area contributed by atoms with Gasteiger partial charge in [-0.3, -0.25) is 5.84 Å². The molecule has 0 fully saturated rings. The number of hydrogen-bond donors (Lipinski definition) is 3. The molecule has 36 heavy (non-hydrogen) atoms. The van der Waals surface area contributed by atoms with Gasteiger partial charge < -0.3 is 44.0 Å². The first-order valence-corrected chi connectivity index (χ1v) is 13.6. The molecule has 0 aliphatic rings. The first-order chi connectivity index (χ1) is 17.7. The molecular formula is C25H61N3O8. The van der Waals surface area contributed by atoms with Crippen LogP contribution in [0.25, 0.3) is 0 Å². The lowest BCUT2D eigenvalue weighted by Gasteiger charge is -2.19. The molecule has 0 aliphatic heterocycles. The molecule has 5 N–H and O–H groups in total. The van der Waals surface area contributed by atoms with Crippen LogP contribution >= 0.6 is 0 Å². The minimum absolute atomic E-state index is 0.0864. The Bertz CT molecular complexity index is 336. The van der Waals surface area contributed by atoms with Crippen LogP contribution in [0.3, 0.4) is 0 Å². The molecule has 11 nitrogen and oxygen atoms in total. The number of hydrogen-bond acceptors (Lipinski definition) is 11. The van der Waals surface area contributed by atoms with Crippen LogP contribution in [0.4, 0.5) is 0 Å². The van der Waals surface area contributed by atoms with E-state index in [2.05, 4.69) is 0 Å². The highest BCUT2D eigenvalue weighted by atomic mass is 16.6. The molecule has 1 unspecified atom stereocenters. The van der Waals surface area contributed by atoms with Crippen molar-refractivity contribution in [3.05, 3.63) is 0 Å². The lowest BCUT2D eigenvalue weighted by Crippen LogP contribution is -2.44. The zero-order chi connectivity index (χ0) is 28.1. The Balaban J connectivity index is -0.000000787. The third-order valence-corrected chi connectivity index (χ3v) is 3.66. The van der Waals surface area contributed by atoms with Gasteiger partial charge in [0.25, 0.3) is 0 Å². The van der Waals surface area contributed by atoms with Crippen molar-refractivity contribution in [2.45, 2.75) is 54.5 Å². The monoisotopic (exact) mass is 531 g/mol. The molecule has 11 heteroatoms. The summed E-state index contributed by atoms with van der Waals surface area (Å²) in [5, 5.41) is 10.4. The number of nitrogens with two attached hydrogens (primary N) is 2. The molecule has 224 valence electrons. The van der Waals surface area contributed by atoms with Crippen molar-refractivity contribution in [1.29, 1.82) is 0 Å². The summed E-state index contributed by atoms with van der Waals surface area (Å²) in [6.07, 6.45) is 0. The second-order valence-corrected chi connectivity index (χ2v) is 6.31. The van der Waals surface area contributed by atoms with Crippen molar-refractivity contribution < 1.29 is 38.3 Å². The highest BCUT2D eigenvalue weighted by Gasteiger charge is 2.05. The topological polar surface area (TPSA) is 140 Å². The summed E-state index contributed by atoms with van der Waals surface area (Å²) in [5.74, 6) is 5.72. The summed E-state index contributed by atoms with van der Waals surface area (Å²) in [5.41, 5.74) is 5.59. The van der Waals surface area contributed by atoms with E-state index in [1.807, 2.05) is 48.5 Å². The fourth-order valence-corrected chi connectivity index (χ4v) is 2.10. The molecule has 0 radical (unpaired) electrons. The quantitative estimate of drug-likeness (QED) is 0.0900. The first kappa shape index (κ1) is 42.6. The average molecular weight is 532 g/mol. The maximum atomic E-state index is 8.85. The number of ether oxygens (including phenoxy) is 7. The Morgan fingerprint density at radius 1 is 0.556 bits per heavy atom. The summed E-state index contributed by atoms with van der Waals surface area (Å²) in [6, 6.07) is -0.335. The molecule has 0 saturated heterocycles. The summed E-state index contributed by atoms with van der Waals surface area (Å²) < 4.78 is 37.5. The van der Waals surface area contributed by atoms with Crippen molar-refractivity contribution in [3.63, 3.8) is 0 Å². The molecular weight excluding hydrogens is 470 g/mol. The van der Waals surface area contributed by atoms with Crippen LogP contribution in [0.5, 0.6) is 0 Å². The van der Waals surface area contributed by atoms with Crippen LogP contribution in [0, 0.1) is 0 Å². The molecule has 0 spiro atoms. The van der Waals surface area contributed by atoms with Gasteiger partial charge in [0.1, 0.15) is 0 Å². The van der Waals surface area contributed by atoms with E-state index in [9.17, 15) is 0 Å². The van der Waals surface area contributed by atoms with Gasteiger partial charge in [-0.1, -0.05) is 41.5 Å². The van der Waals surface area contributed by atoms with Gasteiger partial charge >= 0.3 is 0 Å². The normalized spacial score (nSPS) is 11.1. The highest BCUT2D eigenvalue weighted by Crippen LogP contribution is 1.87. The van der Waals surface area contributed by atoms with E-state index in [0.29, 0.717) is 106 Å². The highest BCUT2D eigenvalue weighted by molar-refractivity contribution is 4.62. The number of hydrazine groups is 1. The Morgan fingerprint density at radius 3 is 1.11 bits per heavy atom. The van der Waals surface area contributed by atoms with Crippen molar-refractivity contribution in [2.24, 2.45) is 11.6 Å². The zero-order valence-electron chi connectivity index (χ0n) is 24.5. The molecule has 0 heterocycles. The van der Waals surface area contributed by atoms with E-state index < -0.39 is 0 Å². The molecule has 0 amide bonds. The van der Waals surface area contributed by atoms with E-state index in [1.165, 1.54) is 5.01 Å². The maximum absolute atomic E-state index is 8.85. The maximum Gasteiger partial charge on any atom is 0.0701 e. The second-order valence-electron chi connectivity index (χ2n) is 6.31. The third kappa shape index (κ3) is 43.6. The van der Waals surface area contributed by atoms with Gasteiger partial charge in [0.15, 0.2) is 0 Å². The van der Waals surface area contributed by atoms with Crippen LogP contribution in [-0.2, 0) is 33.2 Å². The van der Waals surface area contributed by atoms with Crippen molar-refractivity contribution in [3.8, 4) is 0 Å². The van der Waals surface area contributed by atoms with E-state index in [-0.39, 0.29) is 12.6 Å². The molecule has 0 aromatic carbocycles.